The fourth-order valence-electron chi connectivity index (χ4n) is 2.53. The lowest BCUT2D eigenvalue weighted by atomic mass is 10.2. The fraction of sp³-hybridized carbons (Fsp3) is 0.375. The molecular weight excluding hydrogens is 314 g/mol. The highest BCUT2D eigenvalue weighted by atomic mass is 32.1. The van der Waals surface area contributed by atoms with Crippen LogP contribution in [0.5, 0.6) is 11.5 Å². The number of carbonyl (C=O) groups is 1. The van der Waals surface area contributed by atoms with Crippen molar-refractivity contribution in [1.82, 2.24) is 10.3 Å². The molecule has 0 saturated heterocycles. The SMILES string of the molecule is NC(CNC(=O)c1csc(-c2ccc3c(c2)OCO3)n1)C1CC1. The molecule has 23 heavy (non-hydrogen) atoms. The molecule has 1 aliphatic heterocycles. The summed E-state index contributed by atoms with van der Waals surface area (Å²) in [4.78, 5) is 16.6. The number of thiazole rings is 1. The molecule has 1 aromatic heterocycles. The van der Waals surface area contributed by atoms with Gasteiger partial charge in [-0.25, -0.2) is 4.98 Å². The molecular formula is C16H17N3O3S. The Morgan fingerprint density at radius 2 is 2.22 bits per heavy atom. The van der Waals surface area contributed by atoms with Gasteiger partial charge in [-0.15, -0.1) is 11.3 Å². The summed E-state index contributed by atoms with van der Waals surface area (Å²) in [5, 5.41) is 5.40. The first-order chi connectivity index (χ1) is 11.2. The Labute approximate surface area is 137 Å². The van der Waals surface area contributed by atoms with E-state index in [4.69, 9.17) is 15.2 Å². The molecule has 0 spiro atoms. The lowest BCUT2D eigenvalue weighted by Crippen LogP contribution is -2.38. The van der Waals surface area contributed by atoms with Gasteiger partial charge < -0.3 is 20.5 Å². The Morgan fingerprint density at radius 3 is 3.04 bits per heavy atom. The second-order valence-corrected chi connectivity index (χ2v) is 6.68. The van der Waals surface area contributed by atoms with Gasteiger partial charge in [0.2, 0.25) is 6.79 Å². The summed E-state index contributed by atoms with van der Waals surface area (Å²) in [5.74, 6) is 1.83. The van der Waals surface area contributed by atoms with E-state index in [0.29, 0.717) is 23.9 Å². The number of rotatable bonds is 5. The van der Waals surface area contributed by atoms with Crippen LogP contribution in [-0.2, 0) is 0 Å². The van der Waals surface area contributed by atoms with Crippen LogP contribution in [0.3, 0.4) is 0 Å². The summed E-state index contributed by atoms with van der Waals surface area (Å²) >= 11 is 1.43. The lowest BCUT2D eigenvalue weighted by Gasteiger charge is -2.10. The Balaban J connectivity index is 1.44. The summed E-state index contributed by atoms with van der Waals surface area (Å²) in [6.07, 6.45) is 2.34. The summed E-state index contributed by atoms with van der Waals surface area (Å²) in [7, 11) is 0. The van der Waals surface area contributed by atoms with Gasteiger partial charge in [0.15, 0.2) is 11.5 Å². The predicted molar refractivity (Wildman–Crippen MR) is 86.7 cm³/mol. The standard InChI is InChI=1S/C16H17N3O3S/c17-11(9-1-2-9)6-18-15(20)12-7-23-16(19-12)10-3-4-13-14(5-10)22-8-21-13/h3-5,7,9,11H,1-2,6,8,17H2,(H,18,20). The number of nitrogens with one attached hydrogen (secondary N) is 1. The van der Waals surface area contributed by atoms with Crippen molar-refractivity contribution in [3.63, 3.8) is 0 Å². The molecule has 120 valence electrons. The number of aromatic nitrogens is 1. The minimum Gasteiger partial charge on any atom is -0.454 e. The van der Waals surface area contributed by atoms with Crippen LogP contribution in [0.15, 0.2) is 23.6 Å². The minimum atomic E-state index is -0.177. The number of hydrogen-bond donors (Lipinski definition) is 2. The molecule has 0 radical (unpaired) electrons. The molecule has 2 aromatic rings. The van der Waals surface area contributed by atoms with E-state index < -0.39 is 0 Å². The van der Waals surface area contributed by atoms with E-state index in [1.54, 1.807) is 5.38 Å². The summed E-state index contributed by atoms with van der Waals surface area (Å²) in [5.41, 5.74) is 7.33. The molecule has 1 amide bonds. The number of hydrogen-bond acceptors (Lipinski definition) is 6. The number of carbonyl (C=O) groups excluding carboxylic acids is 1. The lowest BCUT2D eigenvalue weighted by molar-refractivity contribution is 0.0946. The maximum absolute atomic E-state index is 12.2. The van der Waals surface area contributed by atoms with Gasteiger partial charge >= 0.3 is 0 Å². The first-order valence-electron chi connectivity index (χ1n) is 7.60. The molecule has 3 N–H and O–H groups in total. The second kappa shape index (κ2) is 5.82. The highest BCUT2D eigenvalue weighted by molar-refractivity contribution is 7.13. The van der Waals surface area contributed by atoms with Crippen LogP contribution in [0.4, 0.5) is 0 Å². The first-order valence-corrected chi connectivity index (χ1v) is 8.48. The Morgan fingerprint density at radius 1 is 1.39 bits per heavy atom. The second-order valence-electron chi connectivity index (χ2n) is 5.82. The maximum Gasteiger partial charge on any atom is 0.270 e. The Bertz CT molecular complexity index is 742. The van der Waals surface area contributed by atoms with E-state index >= 15 is 0 Å². The topological polar surface area (TPSA) is 86.5 Å². The molecule has 1 fully saturated rings. The molecule has 2 aliphatic rings. The summed E-state index contributed by atoms with van der Waals surface area (Å²) < 4.78 is 10.7. The van der Waals surface area contributed by atoms with Crippen LogP contribution in [0.25, 0.3) is 10.6 Å². The van der Waals surface area contributed by atoms with Crippen molar-refractivity contribution < 1.29 is 14.3 Å². The van der Waals surface area contributed by atoms with Crippen molar-refractivity contribution in [3.05, 3.63) is 29.3 Å². The highest BCUT2D eigenvalue weighted by Gasteiger charge is 2.28. The van der Waals surface area contributed by atoms with Crippen LogP contribution in [0.2, 0.25) is 0 Å². The zero-order valence-electron chi connectivity index (χ0n) is 12.5. The molecule has 1 aromatic carbocycles. The molecule has 1 atom stereocenters. The number of nitrogens with zero attached hydrogens (tertiary/aromatic N) is 1. The van der Waals surface area contributed by atoms with Gasteiger partial charge in [-0.2, -0.15) is 0 Å². The molecule has 1 aliphatic carbocycles. The third kappa shape index (κ3) is 3.02. The largest absolute Gasteiger partial charge is 0.454 e. The number of fused-ring (bicyclic) bond motifs is 1. The van der Waals surface area contributed by atoms with E-state index in [1.807, 2.05) is 18.2 Å². The van der Waals surface area contributed by atoms with E-state index in [2.05, 4.69) is 10.3 Å². The average Bonchev–Trinajstić information content (AvgIpc) is 3.11. The summed E-state index contributed by atoms with van der Waals surface area (Å²) in [6.45, 7) is 0.742. The van der Waals surface area contributed by atoms with Crippen LogP contribution in [-0.4, -0.2) is 30.3 Å². The van der Waals surface area contributed by atoms with Gasteiger partial charge in [0.05, 0.1) is 0 Å². The van der Waals surface area contributed by atoms with Crippen molar-refractivity contribution in [3.8, 4) is 22.1 Å². The predicted octanol–water partition coefficient (Wildman–Crippen LogP) is 2.01. The van der Waals surface area contributed by atoms with Crippen LogP contribution in [0.1, 0.15) is 23.3 Å². The van der Waals surface area contributed by atoms with E-state index in [0.717, 1.165) is 16.3 Å². The zero-order chi connectivity index (χ0) is 15.8. The molecule has 6 nitrogen and oxygen atoms in total. The number of amides is 1. The third-order valence-corrected chi connectivity index (χ3v) is 4.97. The van der Waals surface area contributed by atoms with Gasteiger partial charge in [0.1, 0.15) is 10.7 Å². The van der Waals surface area contributed by atoms with Crippen molar-refractivity contribution in [2.45, 2.75) is 18.9 Å². The van der Waals surface area contributed by atoms with Crippen LogP contribution >= 0.6 is 11.3 Å². The summed E-state index contributed by atoms with van der Waals surface area (Å²) in [6, 6.07) is 5.70. The van der Waals surface area contributed by atoms with E-state index in [-0.39, 0.29) is 18.7 Å². The van der Waals surface area contributed by atoms with Gasteiger partial charge in [0.25, 0.3) is 5.91 Å². The molecule has 0 bridgehead atoms. The maximum atomic E-state index is 12.2. The third-order valence-electron chi connectivity index (χ3n) is 4.08. The Kier molecular flexibility index (Phi) is 3.66. The minimum absolute atomic E-state index is 0.0471. The normalized spacial score (nSPS) is 17.1. The quantitative estimate of drug-likeness (QED) is 0.875. The Hall–Kier alpha value is -2.12. The van der Waals surface area contributed by atoms with Gasteiger partial charge in [0, 0.05) is 23.5 Å². The number of benzene rings is 1. The average molecular weight is 331 g/mol. The van der Waals surface area contributed by atoms with Crippen LogP contribution < -0.4 is 20.5 Å². The molecule has 1 unspecified atom stereocenters. The fourth-order valence-corrected chi connectivity index (χ4v) is 3.33. The van der Waals surface area contributed by atoms with Crippen molar-refractivity contribution >= 4 is 17.2 Å². The van der Waals surface area contributed by atoms with Gasteiger partial charge in [-0.05, 0) is 37.0 Å². The van der Waals surface area contributed by atoms with Gasteiger partial charge in [-0.1, -0.05) is 0 Å². The van der Waals surface area contributed by atoms with Gasteiger partial charge in [-0.3, -0.25) is 4.79 Å². The van der Waals surface area contributed by atoms with Crippen molar-refractivity contribution in [1.29, 1.82) is 0 Å². The number of nitrogens with two attached hydrogens (primary N) is 1. The molecule has 4 rings (SSSR count). The van der Waals surface area contributed by atoms with Crippen molar-refractivity contribution in [2.24, 2.45) is 11.7 Å². The molecule has 2 heterocycles. The number of ether oxygens (including phenoxy) is 2. The molecule has 7 heteroatoms. The molecule has 1 saturated carbocycles. The smallest absolute Gasteiger partial charge is 0.270 e. The van der Waals surface area contributed by atoms with E-state index in [9.17, 15) is 4.79 Å². The van der Waals surface area contributed by atoms with Crippen LogP contribution in [0, 0.1) is 5.92 Å². The zero-order valence-corrected chi connectivity index (χ0v) is 13.3. The monoisotopic (exact) mass is 331 g/mol. The van der Waals surface area contributed by atoms with E-state index in [1.165, 1.54) is 24.2 Å². The van der Waals surface area contributed by atoms with Crippen molar-refractivity contribution in [2.75, 3.05) is 13.3 Å². The first kappa shape index (κ1) is 14.5. The highest BCUT2D eigenvalue weighted by Crippen LogP contribution is 2.36.